The van der Waals surface area contributed by atoms with Gasteiger partial charge in [-0.2, -0.15) is 0 Å². The number of benzene rings is 2. The van der Waals surface area contributed by atoms with Crippen LogP contribution in [0.5, 0.6) is 17.2 Å². The molecule has 0 aliphatic carbocycles. The van der Waals surface area contributed by atoms with Gasteiger partial charge >= 0.3 is 11.9 Å². The molecule has 0 amide bonds. The quantitative estimate of drug-likeness (QED) is 0.304. The third kappa shape index (κ3) is 4.95. The molecule has 0 saturated carbocycles. The highest BCUT2D eigenvalue weighted by molar-refractivity contribution is 6.01. The van der Waals surface area contributed by atoms with Crippen molar-refractivity contribution in [3.8, 4) is 17.2 Å². The molecule has 0 fully saturated rings. The first-order valence-corrected chi connectivity index (χ1v) is 8.28. The molecule has 0 bridgehead atoms. The fraction of sp³-hybridized carbons (Fsp3) is 0.238. The Hall–Kier alpha value is -3.12. The molecule has 0 N–H and O–H groups in total. The van der Waals surface area contributed by atoms with Crippen molar-refractivity contribution in [1.82, 2.24) is 0 Å². The topological polar surface area (TPSA) is 71.1 Å². The first-order chi connectivity index (χ1) is 12.8. The van der Waals surface area contributed by atoms with Gasteiger partial charge in [0.1, 0.15) is 12.4 Å². The Morgan fingerprint density at radius 2 is 1.48 bits per heavy atom. The van der Waals surface area contributed by atoms with E-state index in [0.717, 1.165) is 0 Å². The second-order valence-electron chi connectivity index (χ2n) is 5.93. The van der Waals surface area contributed by atoms with Gasteiger partial charge in [0.2, 0.25) is 0 Å². The summed E-state index contributed by atoms with van der Waals surface area (Å²) in [6.45, 7) is 10.9. The van der Waals surface area contributed by atoms with Gasteiger partial charge in [0.05, 0.1) is 6.61 Å². The van der Waals surface area contributed by atoms with Crippen LogP contribution in [0.15, 0.2) is 54.6 Å². The summed E-state index contributed by atoms with van der Waals surface area (Å²) in [5.74, 6) is -0.381. The predicted molar refractivity (Wildman–Crippen MR) is 102 cm³/mol. The van der Waals surface area contributed by atoms with E-state index in [1.807, 2.05) is 0 Å². The fourth-order valence-corrected chi connectivity index (χ4v) is 2.19. The van der Waals surface area contributed by atoms with Gasteiger partial charge in [-0.3, -0.25) is 0 Å². The summed E-state index contributed by atoms with van der Waals surface area (Å²) in [5, 5.41) is 1.15. The zero-order valence-electron chi connectivity index (χ0n) is 15.7. The number of methoxy groups -OCH3 is 1. The van der Waals surface area contributed by atoms with E-state index in [1.165, 1.54) is 6.07 Å². The third-order valence-electron chi connectivity index (χ3n) is 3.56. The highest BCUT2D eigenvalue weighted by Gasteiger charge is 2.20. The number of carbonyl (C=O) groups excluding carboxylic acids is 2. The van der Waals surface area contributed by atoms with Crippen LogP contribution in [0, 0.1) is 0 Å². The number of fused-ring (bicyclic) bond motifs is 1. The molecule has 0 atom stereocenters. The van der Waals surface area contributed by atoms with Crippen molar-refractivity contribution in [3.63, 3.8) is 0 Å². The van der Waals surface area contributed by atoms with Gasteiger partial charge in [-0.05, 0) is 13.8 Å². The summed E-state index contributed by atoms with van der Waals surface area (Å²) in [5.41, 5.74) is 0.512. The van der Waals surface area contributed by atoms with E-state index in [0.29, 0.717) is 17.4 Å². The van der Waals surface area contributed by atoms with Crippen LogP contribution in [-0.2, 0) is 14.3 Å². The molecule has 142 valence electrons. The van der Waals surface area contributed by atoms with E-state index < -0.39 is 11.9 Å². The number of esters is 2. The molecule has 0 aromatic heterocycles. The summed E-state index contributed by atoms with van der Waals surface area (Å²) < 4.78 is 21.6. The van der Waals surface area contributed by atoms with Crippen LogP contribution in [0.25, 0.3) is 10.8 Å². The molecule has 2 aromatic carbocycles. The monoisotopic (exact) mass is 370 g/mol. The lowest BCUT2D eigenvalue weighted by Gasteiger charge is -2.17. The summed E-state index contributed by atoms with van der Waals surface area (Å²) >= 11 is 0. The lowest BCUT2D eigenvalue weighted by atomic mass is 10.1. The van der Waals surface area contributed by atoms with Crippen LogP contribution in [0.1, 0.15) is 13.8 Å². The summed E-state index contributed by atoms with van der Waals surface area (Å²) in [4.78, 5) is 24.1. The van der Waals surface area contributed by atoms with Crippen molar-refractivity contribution in [2.45, 2.75) is 13.8 Å². The van der Waals surface area contributed by atoms with E-state index >= 15 is 0 Å². The first-order valence-electron chi connectivity index (χ1n) is 8.28. The SMILES string of the molecule is C=C(C)C(=O)Oc1cc(OCCOC)c(OC(=O)C(=C)C)c2ccccc12. The van der Waals surface area contributed by atoms with Gasteiger partial charge in [0.15, 0.2) is 11.5 Å². The molecule has 0 unspecified atom stereocenters. The maximum atomic E-state index is 12.1. The molecule has 0 aliphatic heterocycles. The van der Waals surface area contributed by atoms with Crippen LogP contribution in [0.3, 0.4) is 0 Å². The molecule has 6 heteroatoms. The molecular formula is C21H22O6. The van der Waals surface area contributed by atoms with E-state index in [4.69, 9.17) is 18.9 Å². The molecule has 0 aliphatic rings. The Balaban J connectivity index is 2.60. The third-order valence-corrected chi connectivity index (χ3v) is 3.56. The smallest absolute Gasteiger partial charge is 0.338 e. The van der Waals surface area contributed by atoms with Gasteiger partial charge in [0, 0.05) is 35.1 Å². The van der Waals surface area contributed by atoms with Crippen LogP contribution in [-0.4, -0.2) is 32.3 Å². The minimum absolute atomic E-state index is 0.223. The fourth-order valence-electron chi connectivity index (χ4n) is 2.19. The van der Waals surface area contributed by atoms with Crippen LogP contribution in [0.4, 0.5) is 0 Å². The van der Waals surface area contributed by atoms with Gasteiger partial charge in [-0.15, -0.1) is 0 Å². The number of hydrogen-bond donors (Lipinski definition) is 0. The van der Waals surface area contributed by atoms with Gasteiger partial charge in [-0.25, -0.2) is 9.59 Å². The number of rotatable bonds is 8. The largest absolute Gasteiger partial charge is 0.487 e. The van der Waals surface area contributed by atoms with Crippen molar-refractivity contribution in [3.05, 3.63) is 54.6 Å². The summed E-state index contributed by atoms with van der Waals surface area (Å²) in [7, 11) is 1.55. The average Bonchev–Trinajstić information content (AvgIpc) is 2.64. The predicted octanol–water partition coefficient (Wildman–Crippen LogP) is 3.83. The van der Waals surface area contributed by atoms with Crippen molar-refractivity contribution < 1.29 is 28.5 Å². The maximum absolute atomic E-state index is 12.1. The number of hydrogen-bond acceptors (Lipinski definition) is 6. The first kappa shape index (κ1) is 20.2. The molecule has 6 nitrogen and oxygen atoms in total. The number of carbonyl (C=O) groups is 2. The van der Waals surface area contributed by atoms with Crippen molar-refractivity contribution in [1.29, 1.82) is 0 Å². The molecule has 0 spiro atoms. The average molecular weight is 370 g/mol. The molecular weight excluding hydrogens is 348 g/mol. The molecule has 27 heavy (non-hydrogen) atoms. The van der Waals surface area contributed by atoms with Gasteiger partial charge in [0.25, 0.3) is 0 Å². The minimum Gasteiger partial charge on any atom is -0.487 e. The molecule has 0 radical (unpaired) electrons. The van der Waals surface area contributed by atoms with E-state index in [1.54, 1.807) is 45.2 Å². The van der Waals surface area contributed by atoms with E-state index in [9.17, 15) is 9.59 Å². The van der Waals surface area contributed by atoms with Crippen molar-refractivity contribution >= 4 is 22.7 Å². The molecule has 0 heterocycles. The second kappa shape index (κ2) is 9.00. The van der Waals surface area contributed by atoms with Gasteiger partial charge < -0.3 is 18.9 Å². The highest BCUT2D eigenvalue weighted by Crippen LogP contribution is 2.42. The van der Waals surface area contributed by atoms with Crippen LogP contribution >= 0.6 is 0 Å². The minimum atomic E-state index is -0.580. The lowest BCUT2D eigenvalue weighted by molar-refractivity contribution is -0.131. The lowest BCUT2D eigenvalue weighted by Crippen LogP contribution is -2.13. The maximum Gasteiger partial charge on any atom is 0.338 e. The summed E-state index contributed by atoms with van der Waals surface area (Å²) in [6.07, 6.45) is 0. The van der Waals surface area contributed by atoms with E-state index in [2.05, 4.69) is 13.2 Å². The Morgan fingerprint density at radius 1 is 0.889 bits per heavy atom. The molecule has 2 aromatic rings. The molecule has 0 saturated heterocycles. The van der Waals surface area contributed by atoms with Crippen molar-refractivity contribution in [2.75, 3.05) is 20.3 Å². The second-order valence-corrected chi connectivity index (χ2v) is 5.93. The summed E-state index contributed by atoms with van der Waals surface area (Å²) in [6, 6.07) is 8.59. The zero-order valence-corrected chi connectivity index (χ0v) is 15.7. The molecule has 2 rings (SSSR count). The van der Waals surface area contributed by atoms with Crippen LogP contribution in [0.2, 0.25) is 0 Å². The Bertz CT molecular complexity index is 897. The highest BCUT2D eigenvalue weighted by atomic mass is 16.6. The van der Waals surface area contributed by atoms with Crippen molar-refractivity contribution in [2.24, 2.45) is 0 Å². The Labute approximate surface area is 158 Å². The normalized spacial score (nSPS) is 10.3. The zero-order chi connectivity index (χ0) is 20.0. The van der Waals surface area contributed by atoms with Crippen LogP contribution < -0.4 is 14.2 Å². The Kier molecular flexibility index (Phi) is 6.73. The number of ether oxygens (including phenoxy) is 4. The van der Waals surface area contributed by atoms with E-state index in [-0.39, 0.29) is 35.0 Å². The van der Waals surface area contributed by atoms with Gasteiger partial charge in [-0.1, -0.05) is 37.4 Å². The Morgan fingerprint density at radius 3 is 2.07 bits per heavy atom. The standard InChI is InChI=1S/C21H22O6/c1-13(2)20(22)26-17-12-18(25-11-10-24-5)19(27-21(23)14(3)4)16-9-7-6-8-15(16)17/h6-9,12H,1,3,10-11H2,2,4-5H3.